The first kappa shape index (κ1) is 26.2. The largest absolute Gasteiger partial charge is 0.495 e. The van der Waals surface area contributed by atoms with Gasteiger partial charge in [0.25, 0.3) is 0 Å². The first-order valence-electron chi connectivity index (χ1n) is 10.6. The smallest absolute Gasteiger partial charge is 0.339 e. The van der Waals surface area contributed by atoms with Crippen LogP contribution in [0.25, 0.3) is 0 Å². The maximum absolute atomic E-state index is 13.5. The summed E-state index contributed by atoms with van der Waals surface area (Å²) in [6.45, 7) is -0.434. The normalized spacial score (nSPS) is 11.2. The number of benzene rings is 3. The number of esters is 1. The zero-order valence-electron chi connectivity index (χ0n) is 19.2. The first-order chi connectivity index (χ1) is 16.8. The van der Waals surface area contributed by atoms with Gasteiger partial charge < -0.3 is 14.8 Å². The molecule has 184 valence electrons. The summed E-state index contributed by atoms with van der Waals surface area (Å²) in [5.74, 6) is -0.904. The number of halogens is 1. The molecular formula is C25H25ClN2O6S. The number of amides is 1. The van der Waals surface area contributed by atoms with Crippen molar-refractivity contribution in [1.82, 2.24) is 4.31 Å². The van der Waals surface area contributed by atoms with Crippen molar-refractivity contribution in [1.29, 1.82) is 0 Å². The van der Waals surface area contributed by atoms with Crippen molar-refractivity contribution in [2.24, 2.45) is 0 Å². The highest BCUT2D eigenvalue weighted by molar-refractivity contribution is 7.89. The molecule has 0 atom stereocenters. The Bertz CT molecular complexity index is 1300. The second kappa shape index (κ2) is 11.8. The first-order valence-corrected chi connectivity index (χ1v) is 12.4. The average Bonchev–Trinajstić information content (AvgIpc) is 2.86. The molecular weight excluding hydrogens is 492 g/mol. The summed E-state index contributed by atoms with van der Waals surface area (Å²) in [5.41, 5.74) is 1.29. The van der Waals surface area contributed by atoms with Crippen molar-refractivity contribution < 1.29 is 27.5 Å². The number of carbonyl (C=O) groups is 2. The third kappa shape index (κ3) is 6.60. The Balaban J connectivity index is 1.88. The molecule has 0 heterocycles. The number of ether oxygens (including phenoxy) is 2. The molecule has 35 heavy (non-hydrogen) atoms. The van der Waals surface area contributed by atoms with Gasteiger partial charge in [0.05, 0.1) is 41.9 Å². The number of sulfonamides is 1. The number of para-hydroxylation sites is 1. The van der Waals surface area contributed by atoms with Crippen LogP contribution in [0.4, 0.5) is 5.69 Å². The van der Waals surface area contributed by atoms with Crippen LogP contribution >= 0.6 is 11.6 Å². The second-order valence-electron chi connectivity index (χ2n) is 7.46. The third-order valence-corrected chi connectivity index (χ3v) is 7.32. The Morgan fingerprint density at radius 3 is 2.31 bits per heavy atom. The molecule has 1 N–H and O–H groups in total. The molecule has 0 bridgehead atoms. The van der Waals surface area contributed by atoms with E-state index in [1.54, 1.807) is 12.1 Å². The Hall–Kier alpha value is -3.40. The average molecular weight is 517 g/mol. The summed E-state index contributed by atoms with van der Waals surface area (Å²) in [5, 5.41) is 2.75. The molecule has 0 saturated heterocycles. The third-order valence-electron chi connectivity index (χ3n) is 5.18. The lowest BCUT2D eigenvalue weighted by Gasteiger charge is -2.22. The van der Waals surface area contributed by atoms with Crippen LogP contribution in [-0.4, -0.2) is 51.9 Å². The van der Waals surface area contributed by atoms with Crippen molar-refractivity contribution in [3.8, 4) is 5.75 Å². The van der Waals surface area contributed by atoms with E-state index in [9.17, 15) is 18.0 Å². The van der Waals surface area contributed by atoms with Crippen LogP contribution in [0.3, 0.4) is 0 Å². The Morgan fingerprint density at radius 2 is 1.66 bits per heavy atom. The Morgan fingerprint density at radius 1 is 0.971 bits per heavy atom. The lowest BCUT2D eigenvalue weighted by molar-refractivity contribution is -0.116. The lowest BCUT2D eigenvalue weighted by Crippen LogP contribution is -2.39. The summed E-state index contributed by atoms with van der Waals surface area (Å²) < 4.78 is 37.9. The Labute approximate surface area is 209 Å². The fraction of sp³-hybridized carbons (Fsp3) is 0.200. The van der Waals surface area contributed by atoms with Crippen LogP contribution in [0.5, 0.6) is 5.75 Å². The van der Waals surface area contributed by atoms with Gasteiger partial charge in [0.15, 0.2) is 0 Å². The molecule has 0 unspecified atom stereocenters. The molecule has 0 radical (unpaired) electrons. The van der Waals surface area contributed by atoms with Gasteiger partial charge in [-0.1, -0.05) is 54.1 Å². The van der Waals surface area contributed by atoms with Crippen LogP contribution in [0.15, 0.2) is 77.7 Å². The van der Waals surface area contributed by atoms with Gasteiger partial charge in [-0.25, -0.2) is 13.2 Å². The number of nitrogens with one attached hydrogen (secondary N) is 1. The van der Waals surface area contributed by atoms with Gasteiger partial charge in [-0.3, -0.25) is 4.79 Å². The molecule has 3 aromatic rings. The van der Waals surface area contributed by atoms with Gasteiger partial charge >= 0.3 is 5.97 Å². The van der Waals surface area contributed by atoms with E-state index in [-0.39, 0.29) is 27.7 Å². The molecule has 0 saturated carbocycles. The van der Waals surface area contributed by atoms with E-state index in [0.29, 0.717) is 12.2 Å². The minimum absolute atomic E-state index is 0.0437. The number of hydrogen-bond acceptors (Lipinski definition) is 6. The molecule has 0 spiro atoms. The fourth-order valence-electron chi connectivity index (χ4n) is 3.37. The van der Waals surface area contributed by atoms with E-state index in [1.165, 1.54) is 44.6 Å². The van der Waals surface area contributed by atoms with Crippen molar-refractivity contribution in [3.63, 3.8) is 0 Å². The highest BCUT2D eigenvalue weighted by Crippen LogP contribution is 2.28. The number of carbonyl (C=O) groups excluding carboxylic acids is 2. The van der Waals surface area contributed by atoms with E-state index >= 15 is 0 Å². The number of rotatable bonds is 10. The predicted molar refractivity (Wildman–Crippen MR) is 133 cm³/mol. The molecule has 0 aliphatic heterocycles. The lowest BCUT2D eigenvalue weighted by atomic mass is 10.1. The topological polar surface area (TPSA) is 102 Å². The number of nitrogens with zero attached hydrogens (tertiary/aromatic N) is 1. The van der Waals surface area contributed by atoms with Gasteiger partial charge in [-0.2, -0.15) is 4.31 Å². The molecule has 3 aromatic carbocycles. The fourth-order valence-corrected chi connectivity index (χ4v) is 5.12. The van der Waals surface area contributed by atoms with Crippen LogP contribution in [0.1, 0.15) is 15.9 Å². The van der Waals surface area contributed by atoms with E-state index in [0.717, 1.165) is 9.87 Å². The van der Waals surface area contributed by atoms with Crippen LogP contribution in [0, 0.1) is 0 Å². The number of anilines is 1. The van der Waals surface area contributed by atoms with Gasteiger partial charge in [0.1, 0.15) is 5.75 Å². The Kier molecular flexibility index (Phi) is 8.86. The van der Waals surface area contributed by atoms with E-state index in [4.69, 9.17) is 21.1 Å². The summed E-state index contributed by atoms with van der Waals surface area (Å²) in [7, 11) is -1.43. The monoisotopic (exact) mass is 516 g/mol. The van der Waals surface area contributed by atoms with Gasteiger partial charge in [0.2, 0.25) is 15.9 Å². The maximum atomic E-state index is 13.5. The zero-order valence-corrected chi connectivity index (χ0v) is 20.8. The van der Waals surface area contributed by atoms with E-state index < -0.39 is 28.4 Å². The zero-order chi connectivity index (χ0) is 25.4. The minimum atomic E-state index is -4.10. The van der Waals surface area contributed by atoms with Crippen LogP contribution in [0.2, 0.25) is 5.02 Å². The van der Waals surface area contributed by atoms with Crippen LogP contribution in [-0.2, 0) is 26.0 Å². The molecule has 0 fully saturated rings. The summed E-state index contributed by atoms with van der Waals surface area (Å²) in [4.78, 5) is 24.9. The summed E-state index contributed by atoms with van der Waals surface area (Å²) in [6.07, 6.45) is 0.385. The minimum Gasteiger partial charge on any atom is -0.495 e. The molecule has 3 rings (SSSR count). The summed E-state index contributed by atoms with van der Waals surface area (Å²) >= 11 is 6.16. The summed E-state index contributed by atoms with van der Waals surface area (Å²) in [6, 6.07) is 19.8. The van der Waals surface area contributed by atoms with Crippen molar-refractivity contribution in [2.75, 3.05) is 32.6 Å². The van der Waals surface area contributed by atoms with E-state index in [2.05, 4.69) is 5.32 Å². The van der Waals surface area contributed by atoms with Crippen molar-refractivity contribution in [2.45, 2.75) is 11.3 Å². The highest BCUT2D eigenvalue weighted by atomic mass is 35.5. The predicted octanol–water partition coefficient (Wildman–Crippen LogP) is 4.01. The molecule has 0 aliphatic carbocycles. The number of methoxy groups -OCH3 is 2. The number of hydrogen-bond donors (Lipinski definition) is 1. The maximum Gasteiger partial charge on any atom is 0.339 e. The van der Waals surface area contributed by atoms with Crippen molar-refractivity contribution in [3.05, 3.63) is 88.9 Å². The van der Waals surface area contributed by atoms with Gasteiger partial charge in [-0.05, 0) is 42.3 Å². The standard InChI is InChI=1S/C25H25ClN2O6S/c1-33-23-13-12-19(16-21(23)26)35(31,32)28(15-14-18-8-4-3-5-9-18)17-24(29)27-22-11-7-6-10-20(22)25(30)34-2/h3-13,16H,14-15,17H2,1-2H3,(H,27,29). The molecule has 1 amide bonds. The highest BCUT2D eigenvalue weighted by Gasteiger charge is 2.28. The van der Waals surface area contributed by atoms with Gasteiger partial charge in [0, 0.05) is 6.54 Å². The van der Waals surface area contributed by atoms with Gasteiger partial charge in [-0.15, -0.1) is 0 Å². The SMILES string of the molecule is COC(=O)c1ccccc1NC(=O)CN(CCc1ccccc1)S(=O)(=O)c1ccc(OC)c(Cl)c1. The van der Waals surface area contributed by atoms with E-state index in [1.807, 2.05) is 30.3 Å². The molecule has 0 aromatic heterocycles. The molecule has 8 nitrogen and oxygen atoms in total. The molecule has 0 aliphatic rings. The molecule has 10 heteroatoms. The van der Waals surface area contributed by atoms with Crippen molar-refractivity contribution >= 4 is 39.2 Å². The van der Waals surface area contributed by atoms with Crippen LogP contribution < -0.4 is 10.1 Å². The quantitative estimate of drug-likeness (QED) is 0.408. The second-order valence-corrected chi connectivity index (χ2v) is 9.80.